The molecule has 132 valence electrons. The topological polar surface area (TPSA) is 69.5 Å². The van der Waals surface area contributed by atoms with Crippen molar-refractivity contribution >= 4 is 5.91 Å². The van der Waals surface area contributed by atoms with E-state index >= 15 is 0 Å². The van der Waals surface area contributed by atoms with Crippen LogP contribution in [0.4, 0.5) is 0 Å². The minimum absolute atomic E-state index is 0.0721. The van der Waals surface area contributed by atoms with E-state index in [9.17, 15) is 4.79 Å². The fraction of sp³-hybridized carbons (Fsp3) is 0.824. The van der Waals surface area contributed by atoms with Gasteiger partial charge in [0.2, 0.25) is 5.91 Å². The Morgan fingerprint density at radius 3 is 2.79 bits per heavy atom. The van der Waals surface area contributed by atoms with Crippen LogP contribution >= 0.6 is 0 Å². The van der Waals surface area contributed by atoms with E-state index in [2.05, 4.69) is 10.3 Å². The van der Waals surface area contributed by atoms with Crippen molar-refractivity contribution in [3.05, 3.63) is 11.4 Å². The molecule has 1 aliphatic carbocycles. The Morgan fingerprint density at radius 1 is 1.25 bits per heavy atom. The lowest BCUT2D eigenvalue weighted by Gasteiger charge is -2.37. The molecule has 1 atom stereocenters. The molecule has 1 amide bonds. The summed E-state index contributed by atoms with van der Waals surface area (Å²) in [5.74, 6) is 1.02. The zero-order chi connectivity index (χ0) is 16.5. The number of fused-ring (bicyclic) bond motifs is 1. The molecule has 7 nitrogen and oxygen atoms in total. The summed E-state index contributed by atoms with van der Waals surface area (Å²) in [6.07, 6.45) is 4.99. The number of aryl methyl sites for hydroxylation is 1. The minimum atomic E-state index is -0.100. The Balaban J connectivity index is 1.50. The van der Waals surface area contributed by atoms with Gasteiger partial charge >= 0.3 is 0 Å². The number of carbonyl (C=O) groups excluding carboxylic acids is 1. The zero-order valence-corrected chi connectivity index (χ0v) is 14.3. The SMILES string of the molecule is Cn1nnc2c1CCN(C(=O)C1CCOCC1)C2COCC1CC1. The summed E-state index contributed by atoms with van der Waals surface area (Å²) in [4.78, 5) is 15.0. The van der Waals surface area contributed by atoms with Crippen molar-refractivity contribution in [2.75, 3.05) is 33.0 Å². The summed E-state index contributed by atoms with van der Waals surface area (Å²) in [5.41, 5.74) is 2.05. The van der Waals surface area contributed by atoms with Gasteiger partial charge < -0.3 is 14.4 Å². The molecule has 1 saturated heterocycles. The maximum atomic E-state index is 13.0. The average Bonchev–Trinajstić information content (AvgIpc) is 3.37. The maximum Gasteiger partial charge on any atom is 0.226 e. The summed E-state index contributed by atoms with van der Waals surface area (Å²) in [5, 5.41) is 8.51. The smallest absolute Gasteiger partial charge is 0.226 e. The number of nitrogens with zero attached hydrogens (tertiary/aromatic N) is 4. The highest BCUT2D eigenvalue weighted by Crippen LogP contribution is 2.33. The van der Waals surface area contributed by atoms with Gasteiger partial charge in [0.15, 0.2) is 0 Å². The van der Waals surface area contributed by atoms with Crippen LogP contribution in [0.5, 0.6) is 0 Å². The molecular weight excluding hydrogens is 308 g/mol. The molecule has 3 aliphatic rings. The second-order valence-corrected chi connectivity index (χ2v) is 7.21. The average molecular weight is 334 g/mol. The normalized spacial score (nSPS) is 24.9. The van der Waals surface area contributed by atoms with Crippen LogP contribution in [-0.2, 0) is 27.7 Å². The third-order valence-corrected chi connectivity index (χ3v) is 5.43. The van der Waals surface area contributed by atoms with Crippen LogP contribution in [0, 0.1) is 11.8 Å². The fourth-order valence-corrected chi connectivity index (χ4v) is 3.71. The highest BCUT2D eigenvalue weighted by Gasteiger charge is 2.38. The number of rotatable bonds is 5. The molecule has 24 heavy (non-hydrogen) atoms. The lowest BCUT2D eigenvalue weighted by atomic mass is 9.95. The van der Waals surface area contributed by atoms with E-state index in [1.165, 1.54) is 12.8 Å². The lowest BCUT2D eigenvalue weighted by molar-refractivity contribution is -0.143. The van der Waals surface area contributed by atoms with Crippen molar-refractivity contribution in [3.63, 3.8) is 0 Å². The molecule has 1 aromatic heterocycles. The zero-order valence-electron chi connectivity index (χ0n) is 14.3. The third kappa shape index (κ3) is 3.19. The van der Waals surface area contributed by atoms with Gasteiger partial charge in [-0.15, -0.1) is 5.10 Å². The maximum absolute atomic E-state index is 13.0. The van der Waals surface area contributed by atoms with Gasteiger partial charge in [-0.2, -0.15) is 0 Å². The largest absolute Gasteiger partial charge is 0.381 e. The summed E-state index contributed by atoms with van der Waals surface area (Å²) in [6, 6.07) is -0.100. The van der Waals surface area contributed by atoms with Crippen LogP contribution in [0.25, 0.3) is 0 Å². The molecule has 1 saturated carbocycles. The van der Waals surface area contributed by atoms with Gasteiger partial charge in [-0.1, -0.05) is 5.21 Å². The molecule has 1 aromatic rings. The molecule has 0 N–H and O–H groups in total. The van der Waals surface area contributed by atoms with Crippen molar-refractivity contribution < 1.29 is 14.3 Å². The summed E-state index contributed by atoms with van der Waals surface area (Å²) in [7, 11) is 1.92. The first kappa shape index (κ1) is 16.0. The predicted molar refractivity (Wildman–Crippen MR) is 86.2 cm³/mol. The second kappa shape index (κ2) is 6.80. The Hall–Kier alpha value is -1.47. The van der Waals surface area contributed by atoms with Crippen LogP contribution < -0.4 is 0 Å². The molecule has 7 heteroatoms. The van der Waals surface area contributed by atoms with Gasteiger partial charge in [-0.3, -0.25) is 9.48 Å². The summed E-state index contributed by atoms with van der Waals surface area (Å²) >= 11 is 0. The quantitative estimate of drug-likeness (QED) is 0.806. The van der Waals surface area contributed by atoms with E-state index < -0.39 is 0 Å². The van der Waals surface area contributed by atoms with Gasteiger partial charge in [-0.05, 0) is 31.6 Å². The first-order valence-corrected chi connectivity index (χ1v) is 9.08. The molecule has 0 spiro atoms. The van der Waals surface area contributed by atoms with Gasteiger partial charge in [0.25, 0.3) is 0 Å². The molecular formula is C17H26N4O3. The Kier molecular flexibility index (Phi) is 4.54. The van der Waals surface area contributed by atoms with Gasteiger partial charge in [-0.25, -0.2) is 0 Å². The Bertz CT molecular complexity index is 593. The van der Waals surface area contributed by atoms with E-state index in [4.69, 9.17) is 9.47 Å². The lowest BCUT2D eigenvalue weighted by Crippen LogP contribution is -2.46. The van der Waals surface area contributed by atoms with Gasteiger partial charge in [0.05, 0.1) is 12.3 Å². The first-order chi connectivity index (χ1) is 11.7. The summed E-state index contributed by atoms with van der Waals surface area (Å²) in [6.45, 7) is 3.41. The molecule has 0 bridgehead atoms. The van der Waals surface area contributed by atoms with Crippen molar-refractivity contribution in [2.45, 2.75) is 38.1 Å². The van der Waals surface area contributed by atoms with Crippen LogP contribution in [0.1, 0.15) is 43.1 Å². The Labute approximate surface area is 142 Å². The Morgan fingerprint density at radius 2 is 2.04 bits per heavy atom. The van der Waals surface area contributed by atoms with Gasteiger partial charge in [0, 0.05) is 45.8 Å². The summed E-state index contributed by atoms with van der Waals surface area (Å²) < 4.78 is 13.2. The number of hydrogen-bond donors (Lipinski definition) is 0. The molecule has 1 unspecified atom stereocenters. The van der Waals surface area contributed by atoms with Gasteiger partial charge in [0.1, 0.15) is 11.7 Å². The third-order valence-electron chi connectivity index (χ3n) is 5.43. The van der Waals surface area contributed by atoms with Crippen LogP contribution in [0.15, 0.2) is 0 Å². The predicted octanol–water partition coefficient (Wildman–Crippen LogP) is 1.09. The molecule has 0 radical (unpaired) electrons. The minimum Gasteiger partial charge on any atom is -0.381 e. The molecule has 4 rings (SSSR count). The van der Waals surface area contributed by atoms with Crippen molar-refractivity contribution in [2.24, 2.45) is 18.9 Å². The van der Waals surface area contributed by atoms with E-state index in [1.807, 2.05) is 16.6 Å². The van der Waals surface area contributed by atoms with Crippen LogP contribution in [0.2, 0.25) is 0 Å². The first-order valence-electron chi connectivity index (χ1n) is 9.08. The van der Waals surface area contributed by atoms with Crippen molar-refractivity contribution in [3.8, 4) is 0 Å². The number of hydrogen-bond acceptors (Lipinski definition) is 5. The highest BCUT2D eigenvalue weighted by atomic mass is 16.5. The number of amides is 1. The van der Waals surface area contributed by atoms with E-state index in [-0.39, 0.29) is 17.9 Å². The second-order valence-electron chi connectivity index (χ2n) is 7.21. The number of carbonyl (C=O) groups is 1. The molecule has 0 aromatic carbocycles. The van der Waals surface area contributed by atoms with Crippen molar-refractivity contribution in [1.82, 2.24) is 19.9 Å². The van der Waals surface area contributed by atoms with Crippen LogP contribution in [-0.4, -0.2) is 58.8 Å². The van der Waals surface area contributed by atoms with E-state index in [0.717, 1.165) is 49.7 Å². The van der Waals surface area contributed by atoms with Crippen molar-refractivity contribution in [1.29, 1.82) is 0 Å². The molecule has 2 fully saturated rings. The molecule has 2 aliphatic heterocycles. The number of ether oxygens (including phenoxy) is 2. The van der Waals surface area contributed by atoms with E-state index in [1.54, 1.807) is 0 Å². The molecule has 3 heterocycles. The monoisotopic (exact) mass is 334 g/mol. The van der Waals surface area contributed by atoms with Crippen LogP contribution in [0.3, 0.4) is 0 Å². The highest BCUT2D eigenvalue weighted by molar-refractivity contribution is 5.79. The standard InChI is InChI=1S/C17H26N4O3/c1-20-14-4-7-21(17(22)13-5-8-23-9-6-13)15(16(14)18-19-20)11-24-10-12-2-3-12/h12-13,15H,2-11H2,1H3. The van der Waals surface area contributed by atoms with E-state index in [0.29, 0.717) is 19.8 Å². The number of aromatic nitrogens is 3. The fourth-order valence-electron chi connectivity index (χ4n) is 3.71.